The number of nitrogens with zero attached hydrogens (tertiary/aromatic N) is 1. The molecule has 1 N–H and O–H groups in total. The molecule has 2 atom stereocenters. The highest BCUT2D eigenvalue weighted by Crippen LogP contribution is 2.39. The smallest absolute Gasteiger partial charge is 0.157 e. The quantitative estimate of drug-likeness (QED) is 0.458. The predicted molar refractivity (Wildman–Crippen MR) is 119 cm³/mol. The lowest BCUT2D eigenvalue weighted by Crippen LogP contribution is -2.26. The van der Waals surface area contributed by atoms with Crippen LogP contribution in [-0.2, 0) is 20.5 Å². The van der Waals surface area contributed by atoms with Gasteiger partial charge in [-0.1, -0.05) is 35.9 Å². The van der Waals surface area contributed by atoms with Gasteiger partial charge in [-0.3, -0.25) is 4.31 Å². The van der Waals surface area contributed by atoms with Crippen molar-refractivity contribution in [1.82, 2.24) is 5.32 Å². The minimum Gasteiger partial charge on any atom is -0.353 e. The number of fused-ring (bicyclic) bond motifs is 2. The highest BCUT2D eigenvalue weighted by molar-refractivity contribution is 7.86. The molecule has 0 aromatic heterocycles. The van der Waals surface area contributed by atoms with Crippen LogP contribution in [-0.4, -0.2) is 37.3 Å². The second kappa shape index (κ2) is 10.5. The highest BCUT2D eigenvalue weighted by Gasteiger charge is 2.29. The van der Waals surface area contributed by atoms with Crippen molar-refractivity contribution in [3.05, 3.63) is 58.6 Å². The summed E-state index contributed by atoms with van der Waals surface area (Å²) in [6.45, 7) is 6.02. The van der Waals surface area contributed by atoms with Crippen molar-refractivity contribution in [2.45, 2.75) is 43.9 Å². The van der Waals surface area contributed by atoms with Crippen LogP contribution in [0.5, 0.6) is 0 Å². The van der Waals surface area contributed by atoms with Crippen LogP contribution in [0.4, 0.5) is 5.69 Å². The molecule has 3 rings (SSSR count). The Morgan fingerprint density at radius 1 is 1.14 bits per heavy atom. The van der Waals surface area contributed by atoms with Crippen LogP contribution in [0, 0.1) is 0 Å². The van der Waals surface area contributed by atoms with Gasteiger partial charge < -0.3 is 14.8 Å². The molecule has 2 unspecified atom stereocenters. The first-order chi connectivity index (χ1) is 14.1. The molecule has 1 aliphatic heterocycles. The van der Waals surface area contributed by atoms with E-state index in [1.807, 2.05) is 61.6 Å². The van der Waals surface area contributed by atoms with E-state index in [1.54, 1.807) is 0 Å². The maximum Gasteiger partial charge on any atom is 0.157 e. The van der Waals surface area contributed by atoms with Crippen molar-refractivity contribution in [3.8, 4) is 0 Å². The Morgan fingerprint density at radius 2 is 1.86 bits per heavy atom. The van der Waals surface area contributed by atoms with Crippen molar-refractivity contribution >= 4 is 28.3 Å². The number of ether oxygens (including phenoxy) is 2. The molecule has 0 amide bonds. The molecule has 0 bridgehead atoms. The average Bonchev–Trinajstić information content (AvgIpc) is 2.81. The zero-order valence-electron chi connectivity index (χ0n) is 17.2. The molecule has 5 nitrogen and oxygen atoms in total. The average molecular weight is 437 g/mol. The second-order valence-electron chi connectivity index (χ2n) is 6.86. The molecule has 158 valence electrons. The van der Waals surface area contributed by atoms with Crippen LogP contribution in [0.15, 0.2) is 47.4 Å². The number of halogens is 1. The summed E-state index contributed by atoms with van der Waals surface area (Å²) in [7, 11) is 0.537. The van der Waals surface area contributed by atoms with Crippen LogP contribution in [0.3, 0.4) is 0 Å². The largest absolute Gasteiger partial charge is 0.353 e. The first-order valence-electron chi connectivity index (χ1n) is 10.1. The fourth-order valence-corrected chi connectivity index (χ4v) is 5.13. The van der Waals surface area contributed by atoms with E-state index < -0.39 is 11.0 Å². The lowest BCUT2D eigenvalue weighted by molar-refractivity contribution is -0.139. The number of rotatable bonds is 9. The van der Waals surface area contributed by atoms with Gasteiger partial charge in [0, 0.05) is 25.3 Å². The van der Waals surface area contributed by atoms with Crippen LogP contribution in [0.1, 0.15) is 43.9 Å². The minimum atomic E-state index is -1.32. The number of anilines is 1. The summed E-state index contributed by atoms with van der Waals surface area (Å²) < 4.78 is 26.3. The van der Waals surface area contributed by atoms with Gasteiger partial charge >= 0.3 is 0 Å². The monoisotopic (exact) mass is 436 g/mol. The lowest BCUT2D eigenvalue weighted by atomic mass is 9.96. The van der Waals surface area contributed by atoms with E-state index in [9.17, 15) is 4.21 Å². The zero-order valence-corrected chi connectivity index (χ0v) is 18.8. The number of benzene rings is 2. The third kappa shape index (κ3) is 5.19. The summed E-state index contributed by atoms with van der Waals surface area (Å²) in [6.07, 6.45) is 1.56. The third-order valence-corrected chi connectivity index (χ3v) is 6.64. The number of hydrogen-bond acceptors (Lipinski definition) is 4. The number of para-hydroxylation sites is 1. The molecule has 1 heterocycles. The Bertz CT molecular complexity index is 843. The van der Waals surface area contributed by atoms with Crippen LogP contribution >= 0.6 is 11.6 Å². The summed E-state index contributed by atoms with van der Waals surface area (Å²) in [5.74, 6) is 0. The van der Waals surface area contributed by atoms with Crippen molar-refractivity contribution in [1.29, 1.82) is 0 Å². The van der Waals surface area contributed by atoms with E-state index in [0.717, 1.165) is 41.1 Å². The SMILES string of the molecule is CCOC(CCCNC1c2ccccc2N(C)S(=O)c2cc(Cl)ccc21)OCC. The van der Waals surface area contributed by atoms with Crippen LogP contribution in [0.2, 0.25) is 5.02 Å². The first kappa shape index (κ1) is 22.2. The van der Waals surface area contributed by atoms with Crippen LogP contribution in [0.25, 0.3) is 0 Å². The molecule has 0 fully saturated rings. The maximum atomic E-state index is 13.2. The van der Waals surface area contributed by atoms with Gasteiger partial charge in [0.05, 0.1) is 16.6 Å². The standard InChI is InChI=1S/C22H29ClN2O3S/c1-4-27-21(28-5-2)11-8-14-24-22-17-9-6-7-10-19(17)25(3)29(26)20-15-16(23)12-13-18(20)22/h6-7,9-10,12-13,15,21-22,24H,4-5,8,11,14H2,1-3H3. The predicted octanol–water partition coefficient (Wildman–Crippen LogP) is 4.67. The van der Waals surface area contributed by atoms with Gasteiger partial charge in [0.1, 0.15) is 0 Å². The molecule has 2 aromatic carbocycles. The Morgan fingerprint density at radius 3 is 2.59 bits per heavy atom. The van der Waals surface area contributed by atoms with Gasteiger partial charge in [0.15, 0.2) is 17.3 Å². The fourth-order valence-electron chi connectivity index (χ4n) is 3.64. The fraction of sp³-hybridized carbons (Fsp3) is 0.455. The molecule has 2 aromatic rings. The van der Waals surface area contributed by atoms with Gasteiger partial charge in [-0.25, -0.2) is 4.21 Å². The molecule has 0 radical (unpaired) electrons. The Labute approximate surface area is 180 Å². The van der Waals surface area contributed by atoms with Crippen molar-refractivity contribution < 1.29 is 13.7 Å². The van der Waals surface area contributed by atoms with Gasteiger partial charge in [0.2, 0.25) is 0 Å². The normalized spacial score (nSPS) is 18.4. The van der Waals surface area contributed by atoms with Crippen molar-refractivity contribution in [2.75, 3.05) is 31.1 Å². The molecule has 1 aliphatic rings. The Balaban J connectivity index is 1.83. The maximum absolute atomic E-state index is 13.2. The zero-order chi connectivity index (χ0) is 20.8. The number of nitrogens with one attached hydrogen (secondary N) is 1. The molecule has 0 aliphatic carbocycles. The van der Waals surface area contributed by atoms with E-state index >= 15 is 0 Å². The summed E-state index contributed by atoms with van der Waals surface area (Å²) in [4.78, 5) is 0.746. The van der Waals surface area contributed by atoms with E-state index in [0.29, 0.717) is 18.2 Å². The van der Waals surface area contributed by atoms with E-state index in [2.05, 4.69) is 11.4 Å². The topological polar surface area (TPSA) is 50.8 Å². The van der Waals surface area contributed by atoms with Crippen LogP contribution < -0.4 is 9.62 Å². The molecule has 0 saturated carbocycles. The number of hydrogen-bond donors (Lipinski definition) is 1. The summed E-state index contributed by atoms with van der Waals surface area (Å²) in [5.41, 5.74) is 3.06. The lowest BCUT2D eigenvalue weighted by Gasteiger charge is -2.23. The van der Waals surface area contributed by atoms with Gasteiger partial charge in [0.25, 0.3) is 0 Å². The van der Waals surface area contributed by atoms with Gasteiger partial charge in [-0.05, 0) is 62.6 Å². The van der Waals surface area contributed by atoms with E-state index in [4.69, 9.17) is 21.1 Å². The molecular weight excluding hydrogens is 408 g/mol. The molecule has 7 heteroatoms. The molecule has 0 saturated heterocycles. The Hall–Kier alpha value is -1.44. The highest BCUT2D eigenvalue weighted by atomic mass is 35.5. The van der Waals surface area contributed by atoms with Crippen molar-refractivity contribution in [2.24, 2.45) is 0 Å². The Kier molecular flexibility index (Phi) is 8.09. The summed E-state index contributed by atoms with van der Waals surface area (Å²) in [5, 5.41) is 4.25. The van der Waals surface area contributed by atoms with E-state index in [1.165, 1.54) is 0 Å². The summed E-state index contributed by atoms with van der Waals surface area (Å²) >= 11 is 6.22. The van der Waals surface area contributed by atoms with Crippen molar-refractivity contribution in [3.63, 3.8) is 0 Å². The third-order valence-electron chi connectivity index (χ3n) is 4.98. The molecule has 29 heavy (non-hydrogen) atoms. The molecule has 0 spiro atoms. The minimum absolute atomic E-state index is 0.0648. The summed E-state index contributed by atoms with van der Waals surface area (Å²) in [6, 6.07) is 13.7. The first-order valence-corrected chi connectivity index (χ1v) is 11.6. The van der Waals surface area contributed by atoms with E-state index in [-0.39, 0.29) is 12.3 Å². The molecular formula is C22H29ClN2O3S. The van der Waals surface area contributed by atoms with Gasteiger partial charge in [-0.2, -0.15) is 0 Å². The second-order valence-corrected chi connectivity index (χ2v) is 8.78. The van der Waals surface area contributed by atoms with Gasteiger partial charge in [-0.15, -0.1) is 0 Å².